The molecule has 2 saturated heterocycles. The van der Waals surface area contributed by atoms with Crippen LogP contribution in [0.4, 0.5) is 5.82 Å². The highest BCUT2D eigenvalue weighted by Gasteiger charge is 2.47. The molecule has 3 aliphatic heterocycles. The number of halogens is 2. The van der Waals surface area contributed by atoms with Gasteiger partial charge in [-0.05, 0) is 29.2 Å². The largest absolute Gasteiger partial charge is 0.437 e. The Balaban J connectivity index is 1.78. The molecule has 33 heavy (non-hydrogen) atoms. The predicted octanol–water partition coefficient (Wildman–Crippen LogP) is 2.70. The highest BCUT2D eigenvalue weighted by molar-refractivity contribution is 9.10. The first kappa shape index (κ1) is 23.3. The lowest BCUT2D eigenvalue weighted by atomic mass is 9.84. The molecule has 0 spiro atoms. The van der Waals surface area contributed by atoms with E-state index in [1.165, 1.54) is 0 Å². The van der Waals surface area contributed by atoms with Crippen LogP contribution in [0.1, 0.15) is 30.6 Å². The molecular weight excluding hydrogens is 532 g/mol. The highest BCUT2D eigenvalue weighted by atomic mass is 79.9. The second kappa shape index (κ2) is 8.32. The molecule has 174 valence electrons. The zero-order chi connectivity index (χ0) is 23.7. The SMILES string of the molecule is [C-]#[N+]CC1OCc2c(Br)c(Cl)c3nc(S(=O)(=O)CC)nc(N4C[C@H]5C[C@@H]4CN5B(C)O)c3c21. The van der Waals surface area contributed by atoms with Crippen molar-refractivity contribution in [2.75, 3.05) is 30.3 Å². The van der Waals surface area contributed by atoms with Gasteiger partial charge in [-0.2, -0.15) is 0 Å². The third-order valence-electron chi connectivity index (χ3n) is 6.83. The lowest BCUT2D eigenvalue weighted by Gasteiger charge is -2.36. The molecule has 9 nitrogen and oxygen atoms in total. The molecule has 0 saturated carbocycles. The van der Waals surface area contributed by atoms with Gasteiger partial charge in [0.1, 0.15) is 5.82 Å². The highest BCUT2D eigenvalue weighted by Crippen LogP contribution is 2.48. The maximum atomic E-state index is 12.8. The van der Waals surface area contributed by atoms with E-state index in [-0.39, 0.29) is 29.5 Å². The van der Waals surface area contributed by atoms with Gasteiger partial charge in [-0.1, -0.05) is 18.5 Å². The molecule has 0 amide bonds. The van der Waals surface area contributed by atoms with E-state index in [1.54, 1.807) is 13.7 Å². The van der Waals surface area contributed by atoms with Crippen LogP contribution in [0.3, 0.4) is 0 Å². The van der Waals surface area contributed by atoms with Gasteiger partial charge in [-0.15, -0.1) is 0 Å². The van der Waals surface area contributed by atoms with Crippen LogP contribution in [-0.2, 0) is 21.2 Å². The van der Waals surface area contributed by atoms with Crippen LogP contribution in [0.2, 0.25) is 11.8 Å². The van der Waals surface area contributed by atoms with Gasteiger partial charge < -0.3 is 24.3 Å². The number of piperazine rings is 1. The van der Waals surface area contributed by atoms with Gasteiger partial charge in [-0.25, -0.2) is 25.0 Å². The fourth-order valence-corrected chi connectivity index (χ4v) is 6.70. The second-order valence-corrected chi connectivity index (χ2v) is 12.0. The van der Waals surface area contributed by atoms with Crippen molar-refractivity contribution in [1.29, 1.82) is 0 Å². The number of benzene rings is 1. The Hall–Kier alpha value is -1.49. The summed E-state index contributed by atoms with van der Waals surface area (Å²) >= 11 is 10.3. The predicted molar refractivity (Wildman–Crippen MR) is 129 cm³/mol. The first-order valence-corrected chi connectivity index (χ1v) is 13.6. The normalized spacial score (nSPS) is 24.5. The first-order chi connectivity index (χ1) is 15.7. The van der Waals surface area contributed by atoms with Crippen LogP contribution in [0, 0.1) is 6.57 Å². The van der Waals surface area contributed by atoms with E-state index in [2.05, 4.69) is 35.6 Å². The van der Waals surface area contributed by atoms with Gasteiger partial charge in [0.05, 0.1) is 28.3 Å². The fraction of sp³-hybridized carbons (Fsp3) is 0.550. The smallest absolute Gasteiger partial charge is 0.376 e. The molecule has 2 bridgehead atoms. The number of ether oxygens (including phenoxy) is 1. The quantitative estimate of drug-likeness (QED) is 0.342. The summed E-state index contributed by atoms with van der Waals surface area (Å²) in [7, 11) is -4.25. The Morgan fingerprint density at radius 3 is 2.73 bits per heavy atom. The molecule has 3 aliphatic rings. The minimum absolute atomic E-state index is 0.0691. The molecule has 2 fully saturated rings. The van der Waals surface area contributed by atoms with Crippen LogP contribution in [-0.4, -0.2) is 72.7 Å². The van der Waals surface area contributed by atoms with Crippen LogP contribution < -0.4 is 4.90 Å². The zero-order valence-corrected chi connectivity index (χ0v) is 21.3. The van der Waals surface area contributed by atoms with Crippen LogP contribution in [0.25, 0.3) is 15.7 Å². The fourth-order valence-electron chi connectivity index (χ4n) is 5.22. The minimum Gasteiger partial charge on any atom is -0.437 e. The van der Waals surface area contributed by atoms with E-state index in [0.29, 0.717) is 45.9 Å². The molecule has 0 radical (unpaired) electrons. The van der Waals surface area contributed by atoms with Crippen molar-refractivity contribution in [3.8, 4) is 0 Å². The lowest BCUT2D eigenvalue weighted by molar-refractivity contribution is 0.0779. The lowest BCUT2D eigenvalue weighted by Crippen LogP contribution is -2.52. The summed E-state index contributed by atoms with van der Waals surface area (Å²) in [6, 6.07) is 0.208. The number of hydrogen-bond donors (Lipinski definition) is 1. The Morgan fingerprint density at radius 1 is 1.36 bits per heavy atom. The summed E-state index contributed by atoms with van der Waals surface area (Å²) in [5.74, 6) is 0.378. The monoisotopic (exact) mass is 553 g/mol. The van der Waals surface area contributed by atoms with Crippen molar-refractivity contribution in [3.63, 3.8) is 0 Å². The number of aromatic nitrogens is 2. The summed E-state index contributed by atoms with van der Waals surface area (Å²) in [5.41, 5.74) is 1.98. The number of sulfone groups is 1. The molecule has 5 rings (SSSR count). The summed E-state index contributed by atoms with van der Waals surface area (Å²) in [6.07, 6.45) is 0.374. The van der Waals surface area contributed by atoms with E-state index in [4.69, 9.17) is 22.9 Å². The van der Waals surface area contributed by atoms with Gasteiger partial charge in [0, 0.05) is 40.8 Å². The van der Waals surface area contributed by atoms with Crippen LogP contribution in [0.5, 0.6) is 0 Å². The Morgan fingerprint density at radius 2 is 2.12 bits per heavy atom. The number of hydrogen-bond acceptors (Lipinski definition) is 8. The third-order valence-corrected chi connectivity index (χ3v) is 9.80. The van der Waals surface area contributed by atoms with Crippen LogP contribution in [0.15, 0.2) is 9.63 Å². The Kier molecular flexibility index (Phi) is 5.87. The zero-order valence-electron chi connectivity index (χ0n) is 18.1. The first-order valence-electron chi connectivity index (χ1n) is 10.8. The number of rotatable bonds is 5. The van der Waals surface area contributed by atoms with Crippen molar-refractivity contribution in [2.24, 2.45) is 0 Å². The molecule has 0 aliphatic carbocycles. The average molecular weight is 555 g/mol. The molecule has 1 aromatic heterocycles. The van der Waals surface area contributed by atoms with E-state index < -0.39 is 23.0 Å². The van der Waals surface area contributed by atoms with Gasteiger partial charge in [0.25, 0.3) is 0 Å². The molecule has 1 unspecified atom stereocenters. The van der Waals surface area contributed by atoms with Crippen molar-refractivity contribution in [3.05, 3.63) is 32.0 Å². The topological polar surface area (TPSA) is 100 Å². The molecule has 1 aromatic carbocycles. The molecule has 3 atom stereocenters. The second-order valence-electron chi connectivity index (χ2n) is 8.64. The summed E-state index contributed by atoms with van der Waals surface area (Å²) in [6.45, 7) is 12.4. The summed E-state index contributed by atoms with van der Waals surface area (Å²) in [5, 5.41) is 10.8. The van der Waals surface area contributed by atoms with E-state index in [0.717, 1.165) is 17.5 Å². The van der Waals surface area contributed by atoms with E-state index in [9.17, 15) is 13.4 Å². The van der Waals surface area contributed by atoms with Gasteiger partial charge in [0.2, 0.25) is 21.5 Å². The van der Waals surface area contributed by atoms with Gasteiger partial charge >= 0.3 is 7.05 Å². The number of anilines is 1. The Bertz CT molecular complexity index is 1300. The molecule has 4 heterocycles. The molecule has 1 N–H and O–H groups in total. The van der Waals surface area contributed by atoms with E-state index in [1.807, 2.05) is 4.81 Å². The van der Waals surface area contributed by atoms with Crippen molar-refractivity contribution >= 4 is 61.1 Å². The standard InChI is InChI=1S/C20H22BBrClN5O4S/c1-4-33(30,31)20-25-18-15(14-12(16(22)17(18)23)9-32-13(14)6-24-3)19(26-20)27-7-11-5-10(27)8-28(11)21(2)29/h10-11,13,29H,4-9H2,1-2H3/t10-,11-,13?/m1/s1. The number of nitrogens with zero attached hydrogens (tertiary/aromatic N) is 5. The summed E-state index contributed by atoms with van der Waals surface area (Å²) in [4.78, 5) is 16.7. The average Bonchev–Trinajstić information content (AvgIpc) is 3.51. The molecule has 13 heteroatoms. The van der Waals surface area contributed by atoms with Crippen molar-refractivity contribution in [1.82, 2.24) is 14.8 Å². The van der Waals surface area contributed by atoms with Gasteiger partial charge in [-0.3, -0.25) is 0 Å². The maximum absolute atomic E-state index is 12.8. The molecular formula is C20H22BBrClN5O4S. The number of fused-ring (bicyclic) bond motifs is 5. The third kappa shape index (κ3) is 3.56. The van der Waals surface area contributed by atoms with Crippen molar-refractivity contribution in [2.45, 2.75) is 50.1 Å². The summed E-state index contributed by atoms with van der Waals surface area (Å²) < 4.78 is 32.1. The molecule has 2 aromatic rings. The Labute approximate surface area is 206 Å². The van der Waals surface area contributed by atoms with Crippen LogP contribution >= 0.6 is 27.5 Å². The maximum Gasteiger partial charge on any atom is 0.376 e. The minimum atomic E-state index is -3.70. The van der Waals surface area contributed by atoms with Crippen molar-refractivity contribution < 1.29 is 18.2 Å². The van der Waals surface area contributed by atoms with Gasteiger partial charge in [0.15, 0.2) is 6.10 Å². The van der Waals surface area contributed by atoms with E-state index >= 15 is 0 Å².